The number of hydrogen-bond donors (Lipinski definition) is 2. The van der Waals surface area contributed by atoms with E-state index in [0.717, 1.165) is 25.3 Å². The van der Waals surface area contributed by atoms with Gasteiger partial charge in [-0.3, -0.25) is 0 Å². The molecule has 1 fully saturated rings. The Morgan fingerprint density at radius 3 is 3.09 bits per heavy atom. The molecule has 114 valence electrons. The maximum atomic E-state index is 4.44. The van der Waals surface area contributed by atoms with Gasteiger partial charge in [-0.05, 0) is 37.4 Å². The second-order valence-corrected chi connectivity index (χ2v) is 6.22. The number of rotatable bonds is 4. The molecule has 0 spiro atoms. The van der Waals surface area contributed by atoms with Crippen molar-refractivity contribution < 1.29 is 0 Å². The molecule has 1 aliphatic heterocycles. The summed E-state index contributed by atoms with van der Waals surface area (Å²) in [5.74, 6) is 1.71. The number of H-pyrrole nitrogens is 2. The predicted molar refractivity (Wildman–Crippen MR) is 89.0 cm³/mol. The lowest BCUT2D eigenvalue weighted by Gasteiger charge is -2.31. The van der Waals surface area contributed by atoms with Gasteiger partial charge in [-0.25, -0.2) is 4.98 Å². The first-order chi connectivity index (χ1) is 10.9. The van der Waals surface area contributed by atoms with Gasteiger partial charge in [-0.1, -0.05) is 18.2 Å². The highest BCUT2D eigenvalue weighted by atomic mass is 15.1. The number of aromatic nitrogens is 3. The first-order valence-corrected chi connectivity index (χ1v) is 8.17. The molecule has 1 atom stereocenters. The Morgan fingerprint density at radius 2 is 2.18 bits per heavy atom. The van der Waals surface area contributed by atoms with Gasteiger partial charge < -0.3 is 14.9 Å². The van der Waals surface area contributed by atoms with Crippen molar-refractivity contribution in [1.29, 1.82) is 0 Å². The van der Waals surface area contributed by atoms with Crippen LogP contribution in [-0.2, 0) is 6.42 Å². The van der Waals surface area contributed by atoms with Gasteiger partial charge in [-0.15, -0.1) is 0 Å². The molecule has 0 saturated carbocycles. The van der Waals surface area contributed by atoms with E-state index in [1.54, 1.807) is 0 Å². The lowest BCUT2D eigenvalue weighted by atomic mass is 9.97. The van der Waals surface area contributed by atoms with E-state index in [0.29, 0.717) is 5.92 Å². The first-order valence-electron chi connectivity index (χ1n) is 8.17. The molecule has 1 unspecified atom stereocenters. The topological polar surface area (TPSA) is 47.7 Å². The normalized spacial score (nSPS) is 19.7. The van der Waals surface area contributed by atoms with Crippen molar-refractivity contribution in [2.24, 2.45) is 0 Å². The molecule has 0 aliphatic carbocycles. The smallest absolute Gasteiger partial charge is 0.110 e. The lowest BCUT2D eigenvalue weighted by Crippen LogP contribution is -2.36. The van der Waals surface area contributed by atoms with Crippen LogP contribution in [0.2, 0.25) is 0 Å². The fraction of sp³-hybridized carbons (Fsp3) is 0.389. The summed E-state index contributed by atoms with van der Waals surface area (Å²) in [5.41, 5.74) is 2.67. The van der Waals surface area contributed by atoms with E-state index < -0.39 is 0 Å². The highest BCUT2D eigenvalue weighted by Gasteiger charge is 2.22. The number of para-hydroxylation sites is 1. The van der Waals surface area contributed by atoms with Crippen LogP contribution in [0.25, 0.3) is 10.9 Å². The summed E-state index contributed by atoms with van der Waals surface area (Å²) in [7, 11) is 0. The molecule has 0 bridgehead atoms. The maximum absolute atomic E-state index is 4.44. The zero-order valence-corrected chi connectivity index (χ0v) is 12.8. The quantitative estimate of drug-likeness (QED) is 0.775. The summed E-state index contributed by atoms with van der Waals surface area (Å²) >= 11 is 0. The number of likely N-dealkylation sites (tertiary alicyclic amines) is 1. The summed E-state index contributed by atoms with van der Waals surface area (Å²) in [6.07, 6.45) is 9.57. The zero-order chi connectivity index (χ0) is 14.8. The molecule has 4 rings (SSSR count). The Labute approximate surface area is 130 Å². The fourth-order valence-corrected chi connectivity index (χ4v) is 3.60. The standard InChI is InChI=1S/C18H22N4/c1-2-6-17-16(5-1)14(12-21-17)7-11-22-10-3-4-15(13-22)18-19-8-9-20-18/h1-2,5-6,8-9,12,15,21H,3-4,7,10-11,13H2,(H,19,20). The number of hydrogen-bond acceptors (Lipinski definition) is 2. The van der Waals surface area contributed by atoms with Crippen LogP contribution in [0.3, 0.4) is 0 Å². The number of imidazole rings is 1. The Balaban J connectivity index is 1.41. The molecule has 22 heavy (non-hydrogen) atoms. The molecule has 4 heteroatoms. The third-order valence-electron chi connectivity index (χ3n) is 4.78. The van der Waals surface area contributed by atoms with Crippen LogP contribution < -0.4 is 0 Å². The van der Waals surface area contributed by atoms with Crippen LogP contribution in [0.5, 0.6) is 0 Å². The Kier molecular flexibility index (Phi) is 3.69. The summed E-state index contributed by atoms with van der Waals surface area (Å²) in [4.78, 5) is 13.7. The molecule has 3 aromatic rings. The van der Waals surface area contributed by atoms with Crippen molar-refractivity contribution in [3.05, 3.63) is 54.2 Å². The Hall–Kier alpha value is -2.07. The molecule has 1 saturated heterocycles. The van der Waals surface area contributed by atoms with Gasteiger partial charge in [-0.2, -0.15) is 0 Å². The number of aromatic amines is 2. The third-order valence-corrected chi connectivity index (χ3v) is 4.78. The van der Waals surface area contributed by atoms with E-state index in [2.05, 4.69) is 50.3 Å². The van der Waals surface area contributed by atoms with E-state index in [1.165, 1.54) is 35.9 Å². The number of benzene rings is 1. The van der Waals surface area contributed by atoms with Crippen molar-refractivity contribution in [1.82, 2.24) is 19.9 Å². The van der Waals surface area contributed by atoms with Gasteiger partial charge in [0.15, 0.2) is 0 Å². The van der Waals surface area contributed by atoms with Crippen molar-refractivity contribution in [2.75, 3.05) is 19.6 Å². The maximum Gasteiger partial charge on any atom is 0.110 e. The summed E-state index contributed by atoms with van der Waals surface area (Å²) in [6, 6.07) is 8.56. The highest BCUT2D eigenvalue weighted by molar-refractivity contribution is 5.83. The molecule has 2 N–H and O–H groups in total. The molecule has 2 aromatic heterocycles. The minimum atomic E-state index is 0.562. The average molecular weight is 294 g/mol. The molecule has 0 radical (unpaired) electrons. The molecule has 1 aromatic carbocycles. The molecule has 4 nitrogen and oxygen atoms in total. The minimum Gasteiger partial charge on any atom is -0.361 e. The van der Waals surface area contributed by atoms with Crippen molar-refractivity contribution in [3.8, 4) is 0 Å². The second-order valence-electron chi connectivity index (χ2n) is 6.22. The highest BCUT2D eigenvalue weighted by Crippen LogP contribution is 2.25. The van der Waals surface area contributed by atoms with E-state index in [-0.39, 0.29) is 0 Å². The largest absolute Gasteiger partial charge is 0.361 e. The Bertz CT molecular complexity index is 728. The van der Waals surface area contributed by atoms with Crippen LogP contribution in [0, 0.1) is 0 Å². The average Bonchev–Trinajstić information content (AvgIpc) is 3.23. The number of piperidine rings is 1. The van der Waals surface area contributed by atoms with Crippen LogP contribution in [0.1, 0.15) is 30.1 Å². The van der Waals surface area contributed by atoms with E-state index >= 15 is 0 Å². The Morgan fingerprint density at radius 1 is 1.23 bits per heavy atom. The predicted octanol–water partition coefficient (Wildman–Crippen LogP) is 3.31. The monoisotopic (exact) mass is 294 g/mol. The van der Waals surface area contributed by atoms with Crippen molar-refractivity contribution in [2.45, 2.75) is 25.2 Å². The molecular weight excluding hydrogens is 272 g/mol. The first kappa shape index (κ1) is 13.6. The number of nitrogens with zero attached hydrogens (tertiary/aromatic N) is 2. The second kappa shape index (κ2) is 5.97. The van der Waals surface area contributed by atoms with Crippen LogP contribution in [-0.4, -0.2) is 39.5 Å². The van der Waals surface area contributed by atoms with Gasteiger partial charge in [0.2, 0.25) is 0 Å². The SMILES string of the molecule is c1ccc2c(CCN3CCCC(c4ncc[nH]4)C3)c[nH]c2c1. The van der Waals surface area contributed by atoms with Crippen LogP contribution >= 0.6 is 0 Å². The van der Waals surface area contributed by atoms with E-state index in [4.69, 9.17) is 0 Å². The summed E-state index contributed by atoms with van der Waals surface area (Å²) in [6.45, 7) is 3.45. The van der Waals surface area contributed by atoms with Gasteiger partial charge in [0.1, 0.15) is 5.82 Å². The molecule has 0 amide bonds. The third kappa shape index (κ3) is 2.66. The van der Waals surface area contributed by atoms with Gasteiger partial charge in [0, 0.05) is 48.5 Å². The summed E-state index contributed by atoms with van der Waals surface area (Å²) in [5, 5.41) is 1.36. The minimum absolute atomic E-state index is 0.562. The zero-order valence-electron chi connectivity index (χ0n) is 12.8. The number of fused-ring (bicyclic) bond motifs is 1. The lowest BCUT2D eigenvalue weighted by molar-refractivity contribution is 0.207. The molecule has 1 aliphatic rings. The molecular formula is C18H22N4. The van der Waals surface area contributed by atoms with Crippen LogP contribution in [0.4, 0.5) is 0 Å². The van der Waals surface area contributed by atoms with Gasteiger partial charge in [0.05, 0.1) is 0 Å². The van der Waals surface area contributed by atoms with E-state index in [1.807, 2.05) is 12.4 Å². The van der Waals surface area contributed by atoms with Crippen molar-refractivity contribution >= 4 is 10.9 Å². The number of nitrogens with one attached hydrogen (secondary N) is 2. The van der Waals surface area contributed by atoms with Gasteiger partial charge in [0.25, 0.3) is 0 Å². The molecule has 3 heterocycles. The fourth-order valence-electron chi connectivity index (χ4n) is 3.60. The van der Waals surface area contributed by atoms with Crippen molar-refractivity contribution in [3.63, 3.8) is 0 Å². The summed E-state index contributed by atoms with van der Waals surface area (Å²) < 4.78 is 0. The van der Waals surface area contributed by atoms with Gasteiger partial charge >= 0.3 is 0 Å². The van der Waals surface area contributed by atoms with E-state index in [9.17, 15) is 0 Å². The van der Waals surface area contributed by atoms with Crippen LogP contribution in [0.15, 0.2) is 42.9 Å².